The van der Waals surface area contributed by atoms with Crippen molar-refractivity contribution >= 4 is 23.4 Å². The van der Waals surface area contributed by atoms with Crippen molar-refractivity contribution in [2.75, 3.05) is 13.2 Å². The van der Waals surface area contributed by atoms with Crippen LogP contribution >= 0.6 is 11.6 Å². The van der Waals surface area contributed by atoms with Gasteiger partial charge in [0.1, 0.15) is 11.8 Å². The average molecular weight is 285 g/mol. The molecule has 0 bridgehead atoms. The summed E-state index contributed by atoms with van der Waals surface area (Å²) in [6.07, 6.45) is 0. The lowest BCUT2D eigenvalue weighted by Gasteiger charge is -2.14. The Kier molecular flexibility index (Phi) is 6.15. The maximum absolute atomic E-state index is 11.6. The molecule has 0 spiro atoms. The second-order valence-electron chi connectivity index (χ2n) is 3.90. The lowest BCUT2D eigenvalue weighted by Crippen LogP contribution is -2.46. The molecule has 0 heterocycles. The molecule has 0 aliphatic carbocycles. The minimum Gasteiger partial charge on any atom is -0.482 e. The van der Waals surface area contributed by atoms with Crippen molar-refractivity contribution in [3.63, 3.8) is 0 Å². The molecule has 1 aromatic rings. The van der Waals surface area contributed by atoms with E-state index in [1.54, 1.807) is 31.2 Å². The molecule has 0 aliphatic heterocycles. The number of carbonyl (C=O) groups excluding carboxylic acids is 2. The Bertz CT molecular complexity index is 451. The topological polar surface area (TPSA) is 67.4 Å². The summed E-state index contributed by atoms with van der Waals surface area (Å²) < 4.78 is 5.26. The number of carbonyl (C=O) groups is 2. The predicted octanol–water partition coefficient (Wildman–Crippen LogP) is 1.36. The fourth-order valence-electron chi connectivity index (χ4n) is 1.38. The summed E-state index contributed by atoms with van der Waals surface area (Å²) in [6.45, 7) is 3.76. The minimum absolute atomic E-state index is 0.187. The first-order valence-corrected chi connectivity index (χ1v) is 6.36. The zero-order valence-corrected chi connectivity index (χ0v) is 11.7. The number of ether oxygens (including phenoxy) is 1. The minimum atomic E-state index is -0.595. The van der Waals surface area contributed by atoms with E-state index in [0.717, 1.165) is 0 Å². The summed E-state index contributed by atoms with van der Waals surface area (Å²) in [7, 11) is 0. The van der Waals surface area contributed by atoms with E-state index >= 15 is 0 Å². The van der Waals surface area contributed by atoms with Crippen molar-refractivity contribution in [3.8, 4) is 5.75 Å². The molecule has 19 heavy (non-hydrogen) atoms. The Morgan fingerprint density at radius 3 is 2.68 bits per heavy atom. The molecule has 0 radical (unpaired) electrons. The molecule has 0 saturated heterocycles. The van der Waals surface area contributed by atoms with E-state index in [0.29, 0.717) is 17.3 Å². The number of amides is 2. The molecular formula is C13H17ClN2O3. The summed E-state index contributed by atoms with van der Waals surface area (Å²) in [5.41, 5.74) is 0. The van der Waals surface area contributed by atoms with Crippen LogP contribution in [0.1, 0.15) is 13.8 Å². The smallest absolute Gasteiger partial charge is 0.258 e. The summed E-state index contributed by atoms with van der Waals surface area (Å²) >= 11 is 5.88. The molecule has 0 aromatic heterocycles. The lowest BCUT2D eigenvalue weighted by molar-refractivity contribution is -0.129. The van der Waals surface area contributed by atoms with Crippen molar-refractivity contribution in [3.05, 3.63) is 29.3 Å². The summed E-state index contributed by atoms with van der Waals surface area (Å²) in [5.74, 6) is -0.169. The van der Waals surface area contributed by atoms with Gasteiger partial charge in [-0.15, -0.1) is 0 Å². The Hall–Kier alpha value is -1.75. The third-order valence-corrected chi connectivity index (χ3v) is 2.63. The number of rotatable bonds is 6. The standard InChI is InChI=1S/C13H17ClN2O3/c1-3-15-13(18)9(2)16-12(17)8-19-11-7-5-4-6-10(11)14/h4-7,9H,3,8H2,1-2H3,(H,15,18)(H,16,17). The van der Waals surface area contributed by atoms with Crippen LogP contribution in [0.4, 0.5) is 0 Å². The highest BCUT2D eigenvalue weighted by molar-refractivity contribution is 6.32. The van der Waals surface area contributed by atoms with Gasteiger partial charge in [-0.2, -0.15) is 0 Å². The molecule has 5 nitrogen and oxygen atoms in total. The Balaban J connectivity index is 2.40. The van der Waals surface area contributed by atoms with Crippen LogP contribution in [-0.2, 0) is 9.59 Å². The van der Waals surface area contributed by atoms with Crippen LogP contribution in [0.25, 0.3) is 0 Å². The van der Waals surface area contributed by atoms with E-state index in [4.69, 9.17) is 16.3 Å². The van der Waals surface area contributed by atoms with Crippen LogP contribution in [0, 0.1) is 0 Å². The average Bonchev–Trinajstić information content (AvgIpc) is 2.38. The molecule has 2 amide bonds. The fraction of sp³-hybridized carbons (Fsp3) is 0.385. The van der Waals surface area contributed by atoms with Crippen LogP contribution in [0.5, 0.6) is 5.75 Å². The monoisotopic (exact) mass is 284 g/mol. The van der Waals surface area contributed by atoms with Crippen molar-refractivity contribution in [2.45, 2.75) is 19.9 Å². The van der Waals surface area contributed by atoms with Crippen LogP contribution in [0.3, 0.4) is 0 Å². The van der Waals surface area contributed by atoms with E-state index in [1.165, 1.54) is 0 Å². The van der Waals surface area contributed by atoms with Crippen molar-refractivity contribution in [1.29, 1.82) is 0 Å². The largest absolute Gasteiger partial charge is 0.482 e. The maximum atomic E-state index is 11.6. The molecule has 1 unspecified atom stereocenters. The number of hydrogen-bond acceptors (Lipinski definition) is 3. The predicted molar refractivity (Wildman–Crippen MR) is 73.2 cm³/mol. The van der Waals surface area contributed by atoms with Gasteiger partial charge in [0.05, 0.1) is 5.02 Å². The molecule has 1 rings (SSSR count). The summed E-state index contributed by atoms with van der Waals surface area (Å²) in [4.78, 5) is 23.0. The third kappa shape index (κ3) is 5.18. The van der Waals surface area contributed by atoms with Gasteiger partial charge in [0.2, 0.25) is 5.91 Å². The van der Waals surface area contributed by atoms with Gasteiger partial charge in [-0.3, -0.25) is 9.59 Å². The zero-order valence-electron chi connectivity index (χ0n) is 10.9. The van der Waals surface area contributed by atoms with Crippen molar-refractivity contribution in [2.24, 2.45) is 0 Å². The van der Waals surface area contributed by atoms with Crippen LogP contribution in [0.2, 0.25) is 5.02 Å². The summed E-state index contributed by atoms with van der Waals surface area (Å²) in [6, 6.07) is 6.28. The molecule has 0 aliphatic rings. The van der Waals surface area contributed by atoms with Gasteiger partial charge in [0.15, 0.2) is 6.61 Å². The van der Waals surface area contributed by atoms with E-state index < -0.39 is 6.04 Å². The molecule has 1 aromatic carbocycles. The normalized spacial score (nSPS) is 11.5. The molecule has 0 fully saturated rings. The molecule has 104 valence electrons. The highest BCUT2D eigenvalue weighted by Gasteiger charge is 2.15. The van der Waals surface area contributed by atoms with Crippen LogP contribution in [-0.4, -0.2) is 31.0 Å². The summed E-state index contributed by atoms with van der Waals surface area (Å²) in [5, 5.41) is 5.59. The number of nitrogens with one attached hydrogen (secondary N) is 2. The van der Waals surface area contributed by atoms with Crippen molar-refractivity contribution < 1.29 is 14.3 Å². The number of hydrogen-bond donors (Lipinski definition) is 2. The molecular weight excluding hydrogens is 268 g/mol. The van der Waals surface area contributed by atoms with E-state index in [1.807, 2.05) is 6.92 Å². The molecule has 2 N–H and O–H groups in total. The third-order valence-electron chi connectivity index (χ3n) is 2.32. The SMILES string of the molecule is CCNC(=O)C(C)NC(=O)COc1ccccc1Cl. The number of halogens is 1. The van der Waals surface area contributed by atoms with Gasteiger partial charge in [-0.1, -0.05) is 23.7 Å². The Labute approximate surface area is 117 Å². The molecule has 6 heteroatoms. The number of benzene rings is 1. The van der Waals surface area contributed by atoms with E-state index in [2.05, 4.69) is 10.6 Å². The van der Waals surface area contributed by atoms with Gasteiger partial charge in [-0.05, 0) is 26.0 Å². The Morgan fingerprint density at radius 2 is 2.05 bits per heavy atom. The van der Waals surface area contributed by atoms with Gasteiger partial charge < -0.3 is 15.4 Å². The van der Waals surface area contributed by atoms with Crippen LogP contribution < -0.4 is 15.4 Å². The fourth-order valence-corrected chi connectivity index (χ4v) is 1.57. The first-order valence-electron chi connectivity index (χ1n) is 5.99. The maximum Gasteiger partial charge on any atom is 0.258 e. The van der Waals surface area contributed by atoms with Gasteiger partial charge >= 0.3 is 0 Å². The quantitative estimate of drug-likeness (QED) is 0.829. The van der Waals surface area contributed by atoms with Crippen LogP contribution in [0.15, 0.2) is 24.3 Å². The number of likely N-dealkylation sites (N-methyl/N-ethyl adjacent to an activating group) is 1. The highest BCUT2D eigenvalue weighted by atomic mass is 35.5. The van der Waals surface area contributed by atoms with E-state index in [-0.39, 0.29) is 18.4 Å². The van der Waals surface area contributed by atoms with Crippen molar-refractivity contribution in [1.82, 2.24) is 10.6 Å². The van der Waals surface area contributed by atoms with Gasteiger partial charge in [-0.25, -0.2) is 0 Å². The Morgan fingerprint density at radius 1 is 1.37 bits per heavy atom. The number of para-hydroxylation sites is 1. The molecule has 0 saturated carbocycles. The first-order chi connectivity index (χ1) is 9.04. The second kappa shape index (κ2) is 7.63. The van der Waals surface area contributed by atoms with Gasteiger partial charge in [0.25, 0.3) is 5.91 Å². The molecule has 1 atom stereocenters. The van der Waals surface area contributed by atoms with Gasteiger partial charge in [0, 0.05) is 6.54 Å². The highest BCUT2D eigenvalue weighted by Crippen LogP contribution is 2.22. The van der Waals surface area contributed by atoms with E-state index in [9.17, 15) is 9.59 Å². The lowest BCUT2D eigenvalue weighted by atomic mass is 10.3. The zero-order chi connectivity index (χ0) is 14.3. The first kappa shape index (κ1) is 15.3. The second-order valence-corrected chi connectivity index (χ2v) is 4.31.